The molecule has 1 fully saturated rings. The smallest absolute Gasteiger partial charge is 0.226 e. The van der Waals surface area contributed by atoms with Crippen molar-refractivity contribution in [2.45, 2.75) is 44.6 Å². The summed E-state index contributed by atoms with van der Waals surface area (Å²) in [5.74, 6) is 0.573. The summed E-state index contributed by atoms with van der Waals surface area (Å²) in [5.41, 5.74) is 2.90. The quantitative estimate of drug-likeness (QED) is 0.747. The summed E-state index contributed by atoms with van der Waals surface area (Å²) in [6, 6.07) is 16.4. The Kier molecular flexibility index (Phi) is 5.00. The van der Waals surface area contributed by atoms with Crippen LogP contribution in [0, 0.1) is 5.92 Å². The predicted molar refractivity (Wildman–Crippen MR) is 103 cm³/mol. The van der Waals surface area contributed by atoms with Crippen LogP contribution >= 0.6 is 0 Å². The van der Waals surface area contributed by atoms with Crippen molar-refractivity contribution in [1.29, 1.82) is 0 Å². The lowest BCUT2D eigenvalue weighted by Gasteiger charge is -2.31. The van der Waals surface area contributed by atoms with E-state index in [1.54, 1.807) is 0 Å². The van der Waals surface area contributed by atoms with Gasteiger partial charge in [-0.3, -0.25) is 4.79 Å². The van der Waals surface area contributed by atoms with Crippen LogP contribution in [0.2, 0.25) is 0 Å². The van der Waals surface area contributed by atoms with Crippen LogP contribution in [0.4, 0.5) is 0 Å². The highest BCUT2D eigenvalue weighted by Gasteiger charge is 2.26. The lowest BCUT2D eigenvalue weighted by molar-refractivity contribution is -0.121. The van der Waals surface area contributed by atoms with Gasteiger partial charge in [0.15, 0.2) is 0 Å². The zero-order valence-corrected chi connectivity index (χ0v) is 15.0. The molecular formula is C22H25N3O. The summed E-state index contributed by atoms with van der Waals surface area (Å²) in [6.07, 6.45) is 10.4. The maximum atomic E-state index is 12.8. The van der Waals surface area contributed by atoms with E-state index in [9.17, 15) is 4.79 Å². The number of rotatable bonds is 5. The van der Waals surface area contributed by atoms with Gasteiger partial charge < -0.3 is 9.72 Å². The van der Waals surface area contributed by atoms with Crippen LogP contribution in [0.3, 0.4) is 0 Å². The molecule has 1 N–H and O–H groups in total. The Morgan fingerprint density at radius 1 is 1.08 bits per heavy atom. The zero-order valence-electron chi connectivity index (χ0n) is 15.0. The largest absolute Gasteiger partial charge is 0.349 e. The number of hydrogen-bond donors (Lipinski definition) is 1. The van der Waals surface area contributed by atoms with Crippen molar-refractivity contribution in [3.05, 3.63) is 72.2 Å². The molecule has 0 radical (unpaired) electrons. The van der Waals surface area contributed by atoms with Crippen molar-refractivity contribution in [3.63, 3.8) is 0 Å². The molecule has 1 aliphatic carbocycles. The first-order chi connectivity index (χ1) is 12.8. The SMILES string of the molecule is O=C(Cc1cn2ccccc2n1)N[C@@H](c1ccccc1)C1CCCCC1. The number of nitrogens with zero attached hydrogens (tertiary/aromatic N) is 2. The molecule has 4 heteroatoms. The summed E-state index contributed by atoms with van der Waals surface area (Å²) in [4.78, 5) is 17.3. The standard InChI is InChI=1S/C22H25N3O/c26-21(15-19-16-25-14-8-7-13-20(25)23-19)24-22(17-9-3-1-4-10-17)18-11-5-2-6-12-18/h1,3-4,7-10,13-14,16,18,22H,2,5-6,11-12,15H2,(H,24,26)/t22-/m0/s1. The molecule has 0 saturated heterocycles. The minimum Gasteiger partial charge on any atom is -0.349 e. The van der Waals surface area contributed by atoms with Crippen molar-refractivity contribution in [1.82, 2.24) is 14.7 Å². The van der Waals surface area contributed by atoms with Gasteiger partial charge in [0.25, 0.3) is 0 Å². The molecule has 2 heterocycles. The molecule has 4 nitrogen and oxygen atoms in total. The third-order valence-electron chi connectivity index (χ3n) is 5.35. The lowest BCUT2D eigenvalue weighted by Crippen LogP contribution is -2.35. The zero-order chi connectivity index (χ0) is 17.8. The Balaban J connectivity index is 1.50. The second-order valence-corrected chi connectivity index (χ2v) is 7.23. The average Bonchev–Trinajstić information content (AvgIpc) is 3.09. The molecule has 3 aromatic rings. The summed E-state index contributed by atoms with van der Waals surface area (Å²) >= 11 is 0. The minimum atomic E-state index is 0.0489. The summed E-state index contributed by atoms with van der Waals surface area (Å²) in [6.45, 7) is 0. The van der Waals surface area contributed by atoms with Gasteiger partial charge in [-0.25, -0.2) is 4.98 Å². The Hall–Kier alpha value is -2.62. The highest BCUT2D eigenvalue weighted by molar-refractivity contribution is 5.78. The first-order valence-corrected chi connectivity index (χ1v) is 9.56. The van der Waals surface area contributed by atoms with E-state index < -0.39 is 0 Å². The highest BCUT2D eigenvalue weighted by atomic mass is 16.1. The van der Waals surface area contributed by atoms with Gasteiger partial charge in [0, 0.05) is 12.4 Å². The van der Waals surface area contributed by atoms with Gasteiger partial charge in [-0.1, -0.05) is 55.7 Å². The number of imidazole rings is 1. The van der Waals surface area contributed by atoms with Crippen LogP contribution in [-0.4, -0.2) is 15.3 Å². The van der Waals surface area contributed by atoms with Crippen LogP contribution < -0.4 is 5.32 Å². The molecule has 1 saturated carbocycles. The number of carbonyl (C=O) groups is 1. The molecule has 2 aromatic heterocycles. The van der Waals surface area contributed by atoms with Crippen LogP contribution in [-0.2, 0) is 11.2 Å². The van der Waals surface area contributed by atoms with E-state index in [1.165, 1.54) is 37.7 Å². The second-order valence-electron chi connectivity index (χ2n) is 7.23. The lowest BCUT2D eigenvalue weighted by atomic mass is 9.81. The molecule has 0 spiro atoms. The molecular weight excluding hydrogens is 322 g/mol. The van der Waals surface area contributed by atoms with Crippen molar-refractivity contribution >= 4 is 11.6 Å². The molecule has 26 heavy (non-hydrogen) atoms. The van der Waals surface area contributed by atoms with Crippen molar-refractivity contribution in [3.8, 4) is 0 Å². The molecule has 1 aromatic carbocycles. The van der Waals surface area contributed by atoms with Gasteiger partial charge in [0.2, 0.25) is 5.91 Å². The Bertz CT molecular complexity index is 832. The van der Waals surface area contributed by atoms with Crippen LogP contribution in [0.15, 0.2) is 60.9 Å². The number of pyridine rings is 1. The van der Waals surface area contributed by atoms with E-state index in [0.29, 0.717) is 12.3 Å². The van der Waals surface area contributed by atoms with Gasteiger partial charge in [-0.2, -0.15) is 0 Å². The van der Waals surface area contributed by atoms with Gasteiger partial charge >= 0.3 is 0 Å². The molecule has 1 aliphatic rings. The number of nitrogens with one attached hydrogen (secondary N) is 1. The second kappa shape index (κ2) is 7.73. The monoisotopic (exact) mass is 347 g/mol. The van der Waals surface area contributed by atoms with Crippen molar-refractivity contribution in [2.24, 2.45) is 5.92 Å². The fourth-order valence-electron chi connectivity index (χ4n) is 4.06. The van der Waals surface area contributed by atoms with E-state index in [1.807, 2.05) is 41.1 Å². The molecule has 1 atom stereocenters. The van der Waals surface area contributed by atoms with E-state index in [0.717, 1.165) is 11.3 Å². The van der Waals surface area contributed by atoms with E-state index >= 15 is 0 Å². The molecule has 0 unspecified atom stereocenters. The van der Waals surface area contributed by atoms with Crippen molar-refractivity contribution in [2.75, 3.05) is 0 Å². The fourth-order valence-corrected chi connectivity index (χ4v) is 4.06. The van der Waals surface area contributed by atoms with Crippen LogP contribution in [0.5, 0.6) is 0 Å². The average molecular weight is 347 g/mol. The summed E-state index contributed by atoms with van der Waals surface area (Å²) < 4.78 is 1.96. The number of aromatic nitrogens is 2. The predicted octanol–water partition coefficient (Wildman–Crippen LogP) is 4.31. The Morgan fingerprint density at radius 3 is 2.62 bits per heavy atom. The van der Waals surface area contributed by atoms with E-state index in [-0.39, 0.29) is 11.9 Å². The number of hydrogen-bond acceptors (Lipinski definition) is 2. The first kappa shape index (κ1) is 16.8. The third-order valence-corrected chi connectivity index (χ3v) is 5.35. The van der Waals surface area contributed by atoms with Gasteiger partial charge in [-0.15, -0.1) is 0 Å². The first-order valence-electron chi connectivity index (χ1n) is 9.56. The molecule has 4 rings (SSSR count). The highest BCUT2D eigenvalue weighted by Crippen LogP contribution is 2.34. The van der Waals surface area contributed by atoms with Crippen LogP contribution in [0.1, 0.15) is 49.4 Å². The normalized spacial score (nSPS) is 16.5. The van der Waals surface area contributed by atoms with Gasteiger partial charge in [0.1, 0.15) is 5.65 Å². The number of benzene rings is 1. The Labute approximate surface area is 154 Å². The number of fused-ring (bicyclic) bond motifs is 1. The Morgan fingerprint density at radius 2 is 1.85 bits per heavy atom. The minimum absolute atomic E-state index is 0.0489. The molecule has 0 bridgehead atoms. The van der Waals surface area contributed by atoms with E-state index in [4.69, 9.17) is 0 Å². The molecule has 1 amide bonds. The maximum absolute atomic E-state index is 12.8. The van der Waals surface area contributed by atoms with Gasteiger partial charge in [-0.05, 0) is 36.5 Å². The summed E-state index contributed by atoms with van der Waals surface area (Å²) in [7, 11) is 0. The van der Waals surface area contributed by atoms with E-state index in [2.05, 4.69) is 34.6 Å². The molecule has 0 aliphatic heterocycles. The number of amides is 1. The number of carbonyl (C=O) groups excluding carboxylic acids is 1. The molecule has 134 valence electrons. The topological polar surface area (TPSA) is 46.4 Å². The van der Waals surface area contributed by atoms with Crippen LogP contribution in [0.25, 0.3) is 5.65 Å². The summed E-state index contributed by atoms with van der Waals surface area (Å²) in [5, 5.41) is 3.31. The third kappa shape index (κ3) is 3.79. The maximum Gasteiger partial charge on any atom is 0.226 e. The van der Waals surface area contributed by atoms with Crippen molar-refractivity contribution < 1.29 is 4.79 Å². The van der Waals surface area contributed by atoms with Gasteiger partial charge in [0.05, 0.1) is 18.2 Å². The fraction of sp³-hybridized carbons (Fsp3) is 0.364.